The third kappa shape index (κ3) is 3.59. The molecule has 0 aliphatic carbocycles. The number of ether oxygens (including phenoxy) is 1. The van der Waals surface area contributed by atoms with Gasteiger partial charge in [0.1, 0.15) is 29.4 Å². The van der Waals surface area contributed by atoms with E-state index in [9.17, 15) is 8.94 Å². The normalized spacial score (nSPS) is 29.2. The van der Waals surface area contributed by atoms with E-state index >= 15 is 0 Å². The van der Waals surface area contributed by atoms with Crippen LogP contribution in [0.5, 0.6) is 0 Å². The summed E-state index contributed by atoms with van der Waals surface area (Å²) in [5.74, 6) is 1.58. The zero-order chi connectivity index (χ0) is 17.2. The fourth-order valence-electron chi connectivity index (χ4n) is 3.28. The third-order valence-electron chi connectivity index (χ3n) is 4.82. The van der Waals surface area contributed by atoms with Gasteiger partial charge in [-0.3, -0.25) is 0 Å². The predicted molar refractivity (Wildman–Crippen MR) is 94.1 cm³/mol. The molecule has 1 aromatic rings. The first kappa shape index (κ1) is 17.7. The number of nitrogens with zero attached hydrogens (tertiary/aromatic N) is 1. The largest absolute Gasteiger partial charge is 0.388 e. The number of halogens is 1. The van der Waals surface area contributed by atoms with Crippen molar-refractivity contribution in [3.63, 3.8) is 0 Å². The Kier molecular flexibility index (Phi) is 5.44. The molecule has 0 aromatic heterocycles. The standard InChI is InChI=1S/C17H24FN2O3S/c1-22-16(14(19)11-18)13-4-2-12(3-5-13)15-10-17(23-20-15)6-8-24(21)9-7-17/h2-5,14,16,21H,6-11,19H2,1H3/q+1. The number of benzene rings is 1. The lowest BCUT2D eigenvalue weighted by molar-refractivity contribution is -0.0256. The first-order valence-electron chi connectivity index (χ1n) is 8.13. The van der Waals surface area contributed by atoms with E-state index in [0.29, 0.717) is 0 Å². The highest BCUT2D eigenvalue weighted by molar-refractivity contribution is 7.91. The zero-order valence-corrected chi connectivity index (χ0v) is 14.6. The van der Waals surface area contributed by atoms with Gasteiger partial charge in [-0.1, -0.05) is 29.4 Å². The van der Waals surface area contributed by atoms with E-state index in [1.54, 1.807) is 0 Å². The van der Waals surface area contributed by atoms with Gasteiger partial charge in [-0.15, -0.1) is 0 Å². The van der Waals surface area contributed by atoms with Crippen LogP contribution in [0.25, 0.3) is 0 Å². The summed E-state index contributed by atoms with van der Waals surface area (Å²) in [7, 11) is 1.53. The van der Waals surface area contributed by atoms with Crippen LogP contribution in [0, 0.1) is 0 Å². The monoisotopic (exact) mass is 355 g/mol. The lowest BCUT2D eigenvalue weighted by Gasteiger charge is -2.28. The van der Waals surface area contributed by atoms with Gasteiger partial charge in [0, 0.05) is 26.4 Å². The van der Waals surface area contributed by atoms with Crippen molar-refractivity contribution in [2.75, 3.05) is 25.3 Å². The van der Waals surface area contributed by atoms with Crippen molar-refractivity contribution in [2.24, 2.45) is 10.9 Å². The number of nitrogens with two attached hydrogens (primary N) is 1. The Bertz CT molecular complexity index is 588. The Labute approximate surface area is 144 Å². The fraction of sp³-hybridized carbons (Fsp3) is 0.588. The van der Waals surface area contributed by atoms with E-state index in [2.05, 4.69) is 5.16 Å². The molecule has 5 nitrogen and oxygen atoms in total. The predicted octanol–water partition coefficient (Wildman–Crippen LogP) is 2.42. The summed E-state index contributed by atoms with van der Waals surface area (Å²) in [6.07, 6.45) is 1.99. The maximum atomic E-state index is 12.8. The van der Waals surface area contributed by atoms with Crippen molar-refractivity contribution in [3.05, 3.63) is 35.4 Å². The average Bonchev–Trinajstić information content (AvgIpc) is 3.03. The summed E-state index contributed by atoms with van der Waals surface area (Å²) in [6, 6.07) is 7.03. The second-order valence-electron chi connectivity index (χ2n) is 6.46. The molecule has 1 aromatic carbocycles. The van der Waals surface area contributed by atoms with E-state index in [-0.39, 0.29) is 5.60 Å². The minimum Gasteiger partial charge on any atom is -0.388 e. The van der Waals surface area contributed by atoms with E-state index < -0.39 is 30.0 Å². The number of hydrogen-bond acceptors (Lipinski definition) is 5. The highest BCUT2D eigenvalue weighted by Crippen LogP contribution is 2.37. The lowest BCUT2D eigenvalue weighted by atomic mass is 9.88. The Balaban J connectivity index is 1.68. The maximum Gasteiger partial charge on any atom is 0.152 e. The van der Waals surface area contributed by atoms with Gasteiger partial charge in [-0.05, 0) is 11.1 Å². The van der Waals surface area contributed by atoms with E-state index in [4.69, 9.17) is 15.3 Å². The Morgan fingerprint density at radius 1 is 1.38 bits per heavy atom. The Hall–Kier alpha value is -1.15. The summed E-state index contributed by atoms with van der Waals surface area (Å²) in [4.78, 5) is 5.74. The van der Waals surface area contributed by atoms with E-state index in [1.165, 1.54) is 7.11 Å². The second kappa shape index (κ2) is 7.39. The molecule has 7 heteroatoms. The van der Waals surface area contributed by atoms with Crippen LogP contribution in [0.2, 0.25) is 0 Å². The van der Waals surface area contributed by atoms with Crippen molar-refractivity contribution in [1.82, 2.24) is 0 Å². The van der Waals surface area contributed by atoms with Gasteiger partial charge in [0.2, 0.25) is 0 Å². The topological polar surface area (TPSA) is 77.1 Å². The van der Waals surface area contributed by atoms with Gasteiger partial charge in [0.25, 0.3) is 0 Å². The lowest BCUT2D eigenvalue weighted by Crippen LogP contribution is -2.39. The van der Waals surface area contributed by atoms with Gasteiger partial charge >= 0.3 is 0 Å². The van der Waals surface area contributed by atoms with Gasteiger partial charge in [-0.2, -0.15) is 4.55 Å². The molecule has 2 aliphatic rings. The minimum atomic E-state index is -0.675. The van der Waals surface area contributed by atoms with Crippen LogP contribution in [0.4, 0.5) is 4.39 Å². The molecule has 2 aliphatic heterocycles. The minimum absolute atomic E-state index is 0.244. The van der Waals surface area contributed by atoms with Crippen molar-refractivity contribution in [3.8, 4) is 0 Å². The van der Waals surface area contributed by atoms with Crippen LogP contribution < -0.4 is 5.73 Å². The molecule has 1 fully saturated rings. The van der Waals surface area contributed by atoms with Crippen LogP contribution in [-0.4, -0.2) is 47.2 Å². The summed E-state index contributed by atoms with van der Waals surface area (Å²) >= 11 is -0.470. The van der Waals surface area contributed by atoms with Crippen molar-refractivity contribution in [1.29, 1.82) is 0 Å². The van der Waals surface area contributed by atoms with Crippen molar-refractivity contribution >= 4 is 16.9 Å². The number of oxime groups is 1. The fourth-order valence-corrected chi connectivity index (χ4v) is 4.70. The molecule has 2 unspecified atom stereocenters. The van der Waals surface area contributed by atoms with Crippen LogP contribution in [0.1, 0.15) is 36.5 Å². The average molecular weight is 355 g/mol. The summed E-state index contributed by atoms with van der Waals surface area (Å²) in [5.41, 5.74) is 8.28. The molecular formula is C17H24FN2O3S+. The first-order valence-corrected chi connectivity index (χ1v) is 9.65. The number of hydrogen-bond donors (Lipinski definition) is 2. The molecule has 2 atom stereocenters. The number of methoxy groups -OCH3 is 1. The number of rotatable bonds is 5. The molecule has 1 spiro atoms. The quantitative estimate of drug-likeness (QED) is 0.795. The Morgan fingerprint density at radius 2 is 2.04 bits per heavy atom. The van der Waals surface area contributed by atoms with Gasteiger partial charge in [0.15, 0.2) is 5.60 Å². The molecule has 2 heterocycles. The Morgan fingerprint density at radius 3 is 2.62 bits per heavy atom. The highest BCUT2D eigenvalue weighted by atomic mass is 32.2. The summed E-state index contributed by atoms with van der Waals surface area (Å²) in [6.45, 7) is -0.629. The van der Waals surface area contributed by atoms with Gasteiger partial charge < -0.3 is 15.3 Å². The zero-order valence-electron chi connectivity index (χ0n) is 13.8. The van der Waals surface area contributed by atoms with Crippen LogP contribution >= 0.6 is 0 Å². The van der Waals surface area contributed by atoms with Crippen LogP contribution in [-0.2, 0) is 20.8 Å². The van der Waals surface area contributed by atoms with Crippen LogP contribution in [0.15, 0.2) is 29.4 Å². The van der Waals surface area contributed by atoms with Crippen molar-refractivity contribution in [2.45, 2.75) is 37.0 Å². The molecule has 1 saturated heterocycles. The summed E-state index contributed by atoms with van der Waals surface area (Å²) in [5, 5.41) is 4.28. The molecule has 3 rings (SSSR count). The van der Waals surface area contributed by atoms with E-state index in [1.807, 2.05) is 24.3 Å². The summed E-state index contributed by atoms with van der Waals surface area (Å²) < 4.78 is 27.8. The number of alkyl halides is 1. The first-order chi connectivity index (χ1) is 11.6. The molecule has 24 heavy (non-hydrogen) atoms. The SMILES string of the molecule is COC(c1ccc(C2=NOC3(CC[S+](O)CC3)C2)cc1)C(N)CF. The molecule has 0 bridgehead atoms. The molecular weight excluding hydrogens is 331 g/mol. The highest BCUT2D eigenvalue weighted by Gasteiger charge is 2.46. The molecule has 3 N–H and O–H groups in total. The van der Waals surface area contributed by atoms with Crippen LogP contribution in [0.3, 0.4) is 0 Å². The van der Waals surface area contributed by atoms with Gasteiger partial charge in [0.05, 0.1) is 17.9 Å². The second-order valence-corrected chi connectivity index (χ2v) is 8.20. The molecule has 0 amide bonds. The molecule has 132 valence electrons. The molecule has 0 radical (unpaired) electrons. The van der Waals surface area contributed by atoms with E-state index in [0.717, 1.165) is 47.6 Å². The van der Waals surface area contributed by atoms with Gasteiger partial charge in [-0.25, -0.2) is 4.39 Å². The smallest absolute Gasteiger partial charge is 0.152 e. The maximum absolute atomic E-state index is 12.8. The van der Waals surface area contributed by atoms with Crippen molar-refractivity contribution < 1.29 is 18.5 Å². The third-order valence-corrected chi connectivity index (χ3v) is 6.17. The molecule has 0 saturated carbocycles.